The summed E-state index contributed by atoms with van der Waals surface area (Å²) in [6.45, 7) is 0. The highest BCUT2D eigenvalue weighted by molar-refractivity contribution is 6.14. The number of fused-ring (bicyclic) bond motifs is 3. The largest absolute Gasteiger partial charge is 0.309 e. The van der Waals surface area contributed by atoms with E-state index in [0.29, 0.717) is 28.4 Å². The van der Waals surface area contributed by atoms with Crippen LogP contribution in [0.5, 0.6) is 0 Å². The van der Waals surface area contributed by atoms with Crippen molar-refractivity contribution in [2.24, 2.45) is 0 Å². The molecule has 8 aromatic carbocycles. The molecule has 0 spiro atoms. The molecule has 0 saturated heterocycles. The van der Waals surface area contributed by atoms with Crippen LogP contribution in [0.15, 0.2) is 206 Å². The molecule has 0 unspecified atom stereocenters. The zero-order valence-corrected chi connectivity index (χ0v) is 29.6. The van der Waals surface area contributed by atoms with Crippen molar-refractivity contribution in [1.29, 1.82) is 0 Å². The van der Waals surface area contributed by atoms with Gasteiger partial charge in [-0.1, -0.05) is 182 Å². The maximum atomic E-state index is 9.21. The summed E-state index contributed by atoms with van der Waals surface area (Å²) >= 11 is 0. The van der Waals surface area contributed by atoms with Crippen molar-refractivity contribution in [1.82, 2.24) is 19.5 Å². The van der Waals surface area contributed by atoms with Gasteiger partial charge in [-0.15, -0.1) is 0 Å². The highest BCUT2D eigenvalue weighted by Crippen LogP contribution is 2.40. The lowest BCUT2D eigenvalue weighted by molar-refractivity contribution is 1.07. The van der Waals surface area contributed by atoms with Crippen molar-refractivity contribution in [3.05, 3.63) is 206 Å². The number of aromatic nitrogens is 4. The Morgan fingerprint density at radius 2 is 0.836 bits per heavy atom. The SMILES string of the molecule is [2H]c1c([2H])c([2H])c2c(c1[2H])c1cccc(-c3cccc(-c4ccccc4)c3)c1n2-c1cccc(-c2ccc(-c3nc(-c4ccccc4)nc(-c4ccccc4)n3)cc2)c1. The van der Waals surface area contributed by atoms with Crippen LogP contribution in [0, 0.1) is 0 Å². The third-order valence-corrected chi connectivity index (χ3v) is 9.98. The third-order valence-electron chi connectivity index (χ3n) is 9.98. The van der Waals surface area contributed by atoms with E-state index in [0.717, 1.165) is 66.7 Å². The van der Waals surface area contributed by atoms with Gasteiger partial charge in [-0.3, -0.25) is 0 Å². The average Bonchev–Trinajstić information content (AvgIpc) is 3.67. The van der Waals surface area contributed by atoms with Gasteiger partial charge in [-0.05, 0) is 52.1 Å². The van der Waals surface area contributed by atoms with Gasteiger partial charge < -0.3 is 4.57 Å². The molecule has 0 aliphatic heterocycles. The van der Waals surface area contributed by atoms with Gasteiger partial charge in [0.25, 0.3) is 0 Å². The van der Waals surface area contributed by atoms with Crippen molar-refractivity contribution in [2.45, 2.75) is 0 Å². The smallest absolute Gasteiger partial charge is 0.164 e. The van der Waals surface area contributed by atoms with Crippen molar-refractivity contribution >= 4 is 21.8 Å². The molecule has 258 valence electrons. The zero-order valence-electron chi connectivity index (χ0n) is 33.6. The average molecular weight is 707 g/mol. The van der Waals surface area contributed by atoms with Gasteiger partial charge in [0.05, 0.1) is 16.5 Å². The summed E-state index contributed by atoms with van der Waals surface area (Å²) in [7, 11) is 0. The van der Waals surface area contributed by atoms with E-state index in [4.69, 9.17) is 19.1 Å². The highest BCUT2D eigenvalue weighted by Gasteiger charge is 2.18. The van der Waals surface area contributed by atoms with Gasteiger partial charge in [0.2, 0.25) is 0 Å². The van der Waals surface area contributed by atoms with Crippen molar-refractivity contribution in [2.75, 3.05) is 0 Å². The summed E-state index contributed by atoms with van der Waals surface area (Å²) in [4.78, 5) is 14.6. The molecule has 0 bridgehead atoms. The molecule has 0 radical (unpaired) electrons. The summed E-state index contributed by atoms with van der Waals surface area (Å²) in [5, 5.41) is 1.25. The van der Waals surface area contributed by atoms with E-state index in [2.05, 4.69) is 60.7 Å². The lowest BCUT2D eigenvalue weighted by Crippen LogP contribution is -2.00. The van der Waals surface area contributed by atoms with Crippen LogP contribution in [0.4, 0.5) is 0 Å². The number of nitrogens with zero attached hydrogens (tertiary/aromatic N) is 4. The standard InChI is InChI=1S/C51H34N4/c1-4-15-35(16-5-1)40-21-12-23-42(33-40)44-26-14-27-46-45-25-10-11-28-47(45)55(48(44)46)43-24-13-22-41(34-43)36-29-31-39(32-30-36)51-53-49(37-17-6-2-7-18-37)52-50(54-51)38-19-8-3-9-20-38/h1-34H/i10D,11D,25D,28D. The molecule has 55 heavy (non-hydrogen) atoms. The first-order valence-electron chi connectivity index (χ1n) is 20.2. The predicted molar refractivity (Wildman–Crippen MR) is 227 cm³/mol. The Labute approximate surface area is 325 Å². The topological polar surface area (TPSA) is 43.6 Å². The van der Waals surface area contributed by atoms with Crippen LogP contribution in [0.1, 0.15) is 5.48 Å². The second kappa shape index (κ2) is 13.8. The first-order chi connectivity index (χ1) is 28.9. The number of para-hydroxylation sites is 2. The molecule has 10 aromatic rings. The Balaban J connectivity index is 1.11. The molecule has 0 saturated carbocycles. The monoisotopic (exact) mass is 706 g/mol. The number of hydrogen-bond donors (Lipinski definition) is 0. The summed E-state index contributed by atoms with van der Waals surface area (Å²) in [5.74, 6) is 1.77. The van der Waals surface area contributed by atoms with Crippen LogP contribution >= 0.6 is 0 Å². The van der Waals surface area contributed by atoms with Gasteiger partial charge in [0.1, 0.15) is 0 Å². The molecule has 0 aliphatic carbocycles. The minimum Gasteiger partial charge on any atom is -0.309 e. The molecular weight excluding hydrogens is 669 g/mol. The molecule has 4 nitrogen and oxygen atoms in total. The van der Waals surface area contributed by atoms with Crippen molar-refractivity contribution in [3.8, 4) is 73.2 Å². The Hall–Kier alpha value is -7.43. The van der Waals surface area contributed by atoms with Crippen LogP contribution < -0.4 is 0 Å². The fourth-order valence-corrected chi connectivity index (χ4v) is 7.33. The summed E-state index contributed by atoms with van der Waals surface area (Å²) in [5.41, 5.74) is 10.7. The molecule has 0 aliphatic rings. The molecule has 0 atom stereocenters. The Kier molecular flexibility index (Phi) is 7.08. The van der Waals surface area contributed by atoms with E-state index >= 15 is 0 Å². The molecule has 0 fully saturated rings. The Morgan fingerprint density at radius 3 is 1.49 bits per heavy atom. The number of hydrogen-bond acceptors (Lipinski definition) is 3. The van der Waals surface area contributed by atoms with E-state index in [1.807, 2.05) is 126 Å². The van der Waals surface area contributed by atoms with E-state index in [1.54, 1.807) is 0 Å². The maximum Gasteiger partial charge on any atom is 0.164 e. The van der Waals surface area contributed by atoms with Crippen LogP contribution in [-0.4, -0.2) is 19.5 Å². The quantitative estimate of drug-likeness (QED) is 0.166. The first kappa shape index (κ1) is 28.1. The molecule has 0 N–H and O–H groups in total. The predicted octanol–water partition coefficient (Wildman–Crippen LogP) is 13.0. The van der Waals surface area contributed by atoms with Crippen LogP contribution in [0.3, 0.4) is 0 Å². The second-order valence-corrected chi connectivity index (χ2v) is 13.4. The zero-order chi connectivity index (χ0) is 40.0. The molecular formula is C51H34N4. The molecule has 2 aromatic heterocycles. The van der Waals surface area contributed by atoms with Gasteiger partial charge >= 0.3 is 0 Å². The summed E-state index contributed by atoms with van der Waals surface area (Å²) in [6, 6.07) is 60.1. The van der Waals surface area contributed by atoms with E-state index in [9.17, 15) is 1.37 Å². The first-order valence-corrected chi connectivity index (χ1v) is 18.2. The minimum absolute atomic E-state index is 0.0594. The van der Waals surface area contributed by atoms with Gasteiger partial charge in [0.15, 0.2) is 17.5 Å². The lowest BCUT2D eigenvalue weighted by atomic mass is 9.97. The van der Waals surface area contributed by atoms with Gasteiger partial charge in [0, 0.05) is 38.7 Å². The van der Waals surface area contributed by atoms with Crippen LogP contribution in [0.2, 0.25) is 0 Å². The molecule has 2 heterocycles. The van der Waals surface area contributed by atoms with Crippen molar-refractivity contribution in [3.63, 3.8) is 0 Å². The van der Waals surface area contributed by atoms with Crippen molar-refractivity contribution < 1.29 is 5.48 Å². The van der Waals surface area contributed by atoms with E-state index in [-0.39, 0.29) is 24.2 Å². The number of rotatable bonds is 7. The lowest BCUT2D eigenvalue weighted by Gasteiger charge is -2.14. The fourth-order valence-electron chi connectivity index (χ4n) is 7.33. The second-order valence-electron chi connectivity index (χ2n) is 13.4. The highest BCUT2D eigenvalue weighted by atomic mass is 15.0. The van der Waals surface area contributed by atoms with Gasteiger partial charge in [-0.2, -0.15) is 0 Å². The molecule has 10 rings (SSSR count). The van der Waals surface area contributed by atoms with Crippen LogP contribution in [-0.2, 0) is 0 Å². The van der Waals surface area contributed by atoms with Crippen LogP contribution in [0.25, 0.3) is 95.0 Å². The molecule has 0 amide bonds. The normalized spacial score (nSPS) is 12.3. The Morgan fingerprint density at radius 1 is 0.364 bits per heavy atom. The molecule has 4 heteroatoms. The van der Waals surface area contributed by atoms with E-state index in [1.165, 1.54) is 0 Å². The minimum atomic E-state index is -0.268. The number of benzene rings is 8. The summed E-state index contributed by atoms with van der Waals surface area (Å²) < 4.78 is 37.6. The summed E-state index contributed by atoms with van der Waals surface area (Å²) in [6.07, 6.45) is 0. The van der Waals surface area contributed by atoms with Gasteiger partial charge in [-0.25, -0.2) is 15.0 Å². The maximum absolute atomic E-state index is 9.21. The Bertz CT molecular complexity index is 3130. The fraction of sp³-hybridized carbons (Fsp3) is 0. The van der Waals surface area contributed by atoms with E-state index < -0.39 is 0 Å². The third kappa shape index (κ3) is 6.06.